The lowest BCUT2D eigenvalue weighted by molar-refractivity contribution is -0.164. The van der Waals surface area contributed by atoms with Crippen LogP contribution in [0.4, 0.5) is 3.89 Å². The summed E-state index contributed by atoms with van der Waals surface area (Å²) in [7, 11) is -5.08. The van der Waals surface area contributed by atoms with E-state index in [2.05, 4.69) is 4.18 Å². The summed E-state index contributed by atoms with van der Waals surface area (Å²) in [5.41, 5.74) is -0.239. The van der Waals surface area contributed by atoms with Gasteiger partial charge >= 0.3 is 16.5 Å². The van der Waals surface area contributed by atoms with Crippen LogP contribution in [0, 0.1) is 23.2 Å². The Bertz CT molecular complexity index is 808. The quantitative estimate of drug-likeness (QED) is 0.544. The number of esters is 1. The number of hydrogen-bond acceptors (Lipinski definition) is 5. The van der Waals surface area contributed by atoms with Gasteiger partial charge in [-0.05, 0) is 94.4 Å². The van der Waals surface area contributed by atoms with E-state index in [1.807, 2.05) is 13.8 Å². The second-order valence-corrected chi connectivity index (χ2v) is 10.1. The van der Waals surface area contributed by atoms with Crippen molar-refractivity contribution < 1.29 is 26.0 Å². The molecule has 4 bridgehead atoms. The molecule has 0 saturated heterocycles. The first-order valence-corrected chi connectivity index (χ1v) is 10.8. The number of carbonyl (C=O) groups is 1. The Morgan fingerprint density at radius 2 is 1.52 bits per heavy atom. The Hall–Kier alpha value is -1.63. The van der Waals surface area contributed by atoms with Gasteiger partial charge in [0.05, 0.1) is 5.56 Å². The van der Waals surface area contributed by atoms with E-state index >= 15 is 0 Å². The van der Waals surface area contributed by atoms with Crippen molar-refractivity contribution in [1.29, 1.82) is 0 Å². The van der Waals surface area contributed by atoms with Gasteiger partial charge in [-0.25, -0.2) is 4.79 Å². The lowest BCUT2D eigenvalue weighted by Crippen LogP contribution is -2.57. The molecule has 0 atom stereocenters. The molecule has 0 aromatic heterocycles. The van der Waals surface area contributed by atoms with Crippen molar-refractivity contribution >= 4 is 16.5 Å². The van der Waals surface area contributed by atoms with Crippen LogP contribution in [0.15, 0.2) is 24.3 Å². The van der Waals surface area contributed by atoms with Crippen LogP contribution in [0.5, 0.6) is 5.75 Å². The molecular formula is C20H25FO5S. The average Bonchev–Trinajstić information content (AvgIpc) is 2.52. The maximum atomic E-state index is 12.7. The standard InChI is InChI=1S/C20H25FO5S/c1-19(2,20-10-13-7-14(11-20)9-15(8-13)12-20)25-18(22)16-3-5-17(6-4-16)26-27(21,23)24/h3-6,13-15H,7-12H2,1-2H3. The van der Waals surface area contributed by atoms with Crippen LogP contribution >= 0.6 is 0 Å². The van der Waals surface area contributed by atoms with E-state index in [0.29, 0.717) is 0 Å². The highest BCUT2D eigenvalue weighted by Crippen LogP contribution is 2.64. The molecule has 0 spiro atoms. The molecule has 0 aliphatic heterocycles. The zero-order valence-electron chi connectivity index (χ0n) is 15.6. The molecule has 27 heavy (non-hydrogen) atoms. The highest BCUT2D eigenvalue weighted by Gasteiger charge is 2.58. The fraction of sp³-hybridized carbons (Fsp3) is 0.650. The van der Waals surface area contributed by atoms with Crippen LogP contribution in [0.25, 0.3) is 0 Å². The molecule has 0 unspecified atom stereocenters. The summed E-state index contributed by atoms with van der Waals surface area (Å²) in [5, 5.41) is 0. The molecule has 4 aliphatic rings. The smallest absolute Gasteiger partial charge is 0.455 e. The molecule has 1 aromatic carbocycles. The van der Waals surface area contributed by atoms with Crippen molar-refractivity contribution in [2.45, 2.75) is 58.0 Å². The van der Waals surface area contributed by atoms with Gasteiger partial charge in [0.25, 0.3) is 0 Å². The summed E-state index contributed by atoms with van der Waals surface area (Å²) in [6.45, 7) is 4.04. The van der Waals surface area contributed by atoms with Crippen molar-refractivity contribution in [1.82, 2.24) is 0 Å². The molecule has 0 N–H and O–H groups in total. The molecular weight excluding hydrogens is 371 g/mol. The molecule has 0 radical (unpaired) electrons. The summed E-state index contributed by atoms with van der Waals surface area (Å²) in [5.74, 6) is 1.63. The molecule has 5 rings (SSSR count). The molecule has 4 fully saturated rings. The number of rotatable bonds is 5. The van der Waals surface area contributed by atoms with Crippen molar-refractivity contribution in [3.05, 3.63) is 29.8 Å². The molecule has 0 heterocycles. The van der Waals surface area contributed by atoms with Gasteiger partial charge in [0.15, 0.2) is 0 Å². The van der Waals surface area contributed by atoms with Gasteiger partial charge in [0.1, 0.15) is 11.4 Å². The minimum atomic E-state index is -5.08. The lowest BCUT2D eigenvalue weighted by Gasteiger charge is -2.61. The minimum Gasteiger partial charge on any atom is -0.455 e. The van der Waals surface area contributed by atoms with Crippen LogP contribution in [0.1, 0.15) is 62.7 Å². The Morgan fingerprint density at radius 1 is 1.04 bits per heavy atom. The normalized spacial score (nSPS) is 32.3. The average molecular weight is 396 g/mol. The number of benzene rings is 1. The molecule has 4 saturated carbocycles. The lowest BCUT2D eigenvalue weighted by atomic mass is 9.46. The number of carbonyl (C=O) groups excluding carboxylic acids is 1. The van der Waals surface area contributed by atoms with Crippen LogP contribution in [0.2, 0.25) is 0 Å². The predicted octanol–water partition coefficient (Wildman–Crippen LogP) is 4.43. The Labute approximate surface area is 159 Å². The van der Waals surface area contributed by atoms with E-state index in [-0.39, 0.29) is 16.7 Å². The zero-order valence-corrected chi connectivity index (χ0v) is 16.4. The van der Waals surface area contributed by atoms with E-state index < -0.39 is 22.1 Å². The number of ether oxygens (including phenoxy) is 1. The summed E-state index contributed by atoms with van der Waals surface area (Å²) < 4.78 is 43.8. The van der Waals surface area contributed by atoms with Gasteiger partial charge < -0.3 is 8.92 Å². The molecule has 1 aromatic rings. The topological polar surface area (TPSA) is 69.7 Å². The summed E-state index contributed by atoms with van der Waals surface area (Å²) in [6.07, 6.45) is 7.34. The van der Waals surface area contributed by atoms with E-state index in [1.165, 1.54) is 43.5 Å². The second-order valence-electron chi connectivity index (χ2n) is 9.10. The van der Waals surface area contributed by atoms with Gasteiger partial charge in [-0.2, -0.15) is 8.42 Å². The first-order chi connectivity index (χ1) is 12.6. The Morgan fingerprint density at radius 3 is 1.96 bits per heavy atom. The van der Waals surface area contributed by atoms with Crippen LogP contribution in [0.3, 0.4) is 0 Å². The van der Waals surface area contributed by atoms with E-state index in [1.54, 1.807) is 0 Å². The monoisotopic (exact) mass is 396 g/mol. The highest BCUT2D eigenvalue weighted by atomic mass is 32.3. The second kappa shape index (κ2) is 6.19. The first-order valence-electron chi connectivity index (χ1n) is 9.53. The van der Waals surface area contributed by atoms with Crippen molar-refractivity contribution in [3.8, 4) is 5.75 Å². The largest absolute Gasteiger partial charge is 0.488 e. The SMILES string of the molecule is CC(C)(OC(=O)c1ccc(OS(=O)(=O)F)cc1)C12CC3CC(CC(C3)C1)C2. The fourth-order valence-electron chi connectivity index (χ4n) is 6.01. The van der Waals surface area contributed by atoms with Gasteiger partial charge in [-0.1, -0.05) is 3.89 Å². The van der Waals surface area contributed by atoms with Crippen LogP contribution in [-0.2, 0) is 15.2 Å². The molecule has 5 nitrogen and oxygen atoms in total. The molecule has 0 amide bonds. The molecule has 148 valence electrons. The third-order valence-electron chi connectivity index (χ3n) is 6.95. The van der Waals surface area contributed by atoms with E-state index in [4.69, 9.17) is 4.74 Å². The predicted molar refractivity (Wildman–Crippen MR) is 97.2 cm³/mol. The minimum absolute atomic E-state index is 0.0444. The summed E-state index contributed by atoms with van der Waals surface area (Å²) in [6, 6.07) is 5.26. The van der Waals surface area contributed by atoms with Crippen molar-refractivity contribution in [2.24, 2.45) is 23.2 Å². The summed E-state index contributed by atoms with van der Waals surface area (Å²) in [4.78, 5) is 12.7. The van der Waals surface area contributed by atoms with Crippen molar-refractivity contribution in [2.75, 3.05) is 0 Å². The Balaban J connectivity index is 1.49. The third-order valence-corrected chi connectivity index (χ3v) is 7.34. The highest BCUT2D eigenvalue weighted by molar-refractivity contribution is 7.81. The maximum Gasteiger partial charge on any atom is 0.488 e. The number of halogens is 1. The zero-order chi connectivity index (χ0) is 19.4. The van der Waals surface area contributed by atoms with Gasteiger partial charge in [0.2, 0.25) is 0 Å². The molecule has 7 heteroatoms. The Kier molecular flexibility index (Phi) is 4.29. The van der Waals surface area contributed by atoms with Gasteiger partial charge in [-0.3, -0.25) is 0 Å². The maximum absolute atomic E-state index is 12.7. The van der Waals surface area contributed by atoms with Crippen LogP contribution in [-0.4, -0.2) is 20.0 Å². The van der Waals surface area contributed by atoms with Gasteiger partial charge in [-0.15, -0.1) is 0 Å². The van der Waals surface area contributed by atoms with E-state index in [0.717, 1.165) is 37.0 Å². The number of hydrogen-bond donors (Lipinski definition) is 0. The first kappa shape index (κ1) is 18.7. The van der Waals surface area contributed by atoms with Crippen molar-refractivity contribution in [3.63, 3.8) is 0 Å². The third kappa shape index (κ3) is 3.58. The molecule has 4 aliphatic carbocycles. The van der Waals surface area contributed by atoms with Gasteiger partial charge in [0, 0.05) is 5.41 Å². The van der Waals surface area contributed by atoms with E-state index in [9.17, 15) is 17.1 Å². The van der Waals surface area contributed by atoms with Crippen LogP contribution < -0.4 is 4.18 Å². The summed E-state index contributed by atoms with van der Waals surface area (Å²) >= 11 is 0. The fourth-order valence-corrected chi connectivity index (χ4v) is 6.35.